The van der Waals surface area contributed by atoms with E-state index in [1.54, 1.807) is 32.4 Å². The number of H-pyrrole nitrogens is 1. The van der Waals surface area contributed by atoms with Gasteiger partial charge >= 0.3 is 4.87 Å². The Balaban J connectivity index is 2.31. The van der Waals surface area contributed by atoms with Crippen molar-refractivity contribution < 1.29 is 19.4 Å². The molecule has 0 fully saturated rings. The highest BCUT2D eigenvalue weighted by Gasteiger charge is 2.15. The number of ketones is 1. The molecule has 0 saturated heterocycles. The normalized spacial score (nSPS) is 10.9. The zero-order valence-corrected chi connectivity index (χ0v) is 13.8. The van der Waals surface area contributed by atoms with Gasteiger partial charge in [0.25, 0.3) is 5.56 Å². The van der Waals surface area contributed by atoms with E-state index in [9.17, 15) is 19.5 Å². The highest BCUT2D eigenvalue weighted by molar-refractivity contribution is 7.11. The Morgan fingerprint density at radius 1 is 1.33 bits per heavy atom. The van der Waals surface area contributed by atoms with Crippen molar-refractivity contribution in [2.24, 2.45) is 0 Å². The summed E-state index contributed by atoms with van der Waals surface area (Å²) in [4.78, 5) is 36.0. The van der Waals surface area contributed by atoms with Gasteiger partial charge in [0, 0.05) is 12.7 Å². The number of methoxy groups -OCH3 is 2. The van der Waals surface area contributed by atoms with Crippen molar-refractivity contribution >= 4 is 23.2 Å². The van der Waals surface area contributed by atoms with Crippen LogP contribution in [0.4, 0.5) is 0 Å². The minimum Gasteiger partial charge on any atom is -0.499 e. The molecular weight excluding hydrogens is 334 g/mol. The van der Waals surface area contributed by atoms with E-state index in [0.29, 0.717) is 29.3 Å². The van der Waals surface area contributed by atoms with E-state index < -0.39 is 26.8 Å². The number of carbonyl (C=O) groups is 1. The second kappa shape index (κ2) is 7.71. The Morgan fingerprint density at radius 2 is 2.08 bits per heavy atom. The number of hydrogen-bond donors (Lipinski definition) is 2. The van der Waals surface area contributed by atoms with Crippen molar-refractivity contribution in [1.29, 1.82) is 0 Å². The molecule has 24 heavy (non-hydrogen) atoms. The second-order valence-electron chi connectivity index (χ2n) is 4.73. The molecule has 0 unspecified atom stereocenters. The van der Waals surface area contributed by atoms with Crippen LogP contribution in [0.3, 0.4) is 0 Å². The van der Waals surface area contributed by atoms with Gasteiger partial charge in [0.2, 0.25) is 0 Å². The minimum absolute atomic E-state index is 0.339. The second-order valence-corrected chi connectivity index (χ2v) is 5.69. The fourth-order valence-electron chi connectivity index (χ4n) is 2.06. The first-order valence-electron chi connectivity index (χ1n) is 6.81. The maximum Gasteiger partial charge on any atom is 0.310 e. The van der Waals surface area contributed by atoms with Crippen LogP contribution in [-0.4, -0.2) is 30.1 Å². The van der Waals surface area contributed by atoms with Crippen LogP contribution in [0.1, 0.15) is 21.5 Å². The Labute approximate surface area is 140 Å². The highest BCUT2D eigenvalue weighted by atomic mass is 32.1. The third-order valence-corrected chi connectivity index (χ3v) is 3.81. The van der Waals surface area contributed by atoms with Crippen molar-refractivity contribution in [2.45, 2.75) is 6.61 Å². The minimum atomic E-state index is -0.916. The lowest BCUT2D eigenvalue weighted by atomic mass is 10.1. The predicted octanol–water partition coefficient (Wildman–Crippen LogP) is 1.55. The molecule has 126 valence electrons. The van der Waals surface area contributed by atoms with E-state index in [-0.39, 0.29) is 0 Å². The Hall–Kier alpha value is -2.71. The van der Waals surface area contributed by atoms with Gasteiger partial charge in [-0.05, 0) is 35.1 Å². The van der Waals surface area contributed by atoms with Gasteiger partial charge in [0.05, 0.1) is 13.7 Å². The molecule has 0 aliphatic rings. The summed E-state index contributed by atoms with van der Waals surface area (Å²) in [6.07, 6.45) is 2.65. The predicted molar refractivity (Wildman–Crippen MR) is 89.9 cm³/mol. The first-order chi connectivity index (χ1) is 11.5. The van der Waals surface area contributed by atoms with Crippen LogP contribution >= 0.6 is 11.3 Å². The monoisotopic (exact) mass is 349 g/mol. The summed E-state index contributed by atoms with van der Waals surface area (Å²) in [6, 6.07) is 5.24. The molecule has 7 nitrogen and oxygen atoms in total. The summed E-state index contributed by atoms with van der Waals surface area (Å²) in [5.41, 5.74) is 0.117. The fourth-order valence-corrected chi connectivity index (χ4v) is 2.67. The Bertz CT molecular complexity index is 896. The number of rotatable bonds is 6. The van der Waals surface area contributed by atoms with Gasteiger partial charge in [-0.1, -0.05) is 12.1 Å². The molecular formula is C16H15NO6S. The quantitative estimate of drug-likeness (QED) is 0.605. The number of aromatic amines is 1. The number of aromatic nitrogens is 1. The number of hydrogen-bond acceptors (Lipinski definition) is 7. The van der Waals surface area contributed by atoms with Crippen LogP contribution in [0.15, 0.2) is 33.9 Å². The summed E-state index contributed by atoms with van der Waals surface area (Å²) in [5.74, 6) is -0.0450. The molecule has 2 aromatic rings. The first-order valence-corrected chi connectivity index (χ1v) is 7.62. The van der Waals surface area contributed by atoms with Crippen LogP contribution in [0, 0.1) is 0 Å². The summed E-state index contributed by atoms with van der Waals surface area (Å²) in [6.45, 7) is 0.339. The maximum absolute atomic E-state index is 12.1. The van der Waals surface area contributed by atoms with E-state index in [2.05, 4.69) is 0 Å². The van der Waals surface area contributed by atoms with E-state index >= 15 is 0 Å². The average Bonchev–Trinajstić information content (AvgIpc) is 2.52. The zero-order valence-electron chi connectivity index (χ0n) is 13.0. The van der Waals surface area contributed by atoms with E-state index in [4.69, 9.17) is 9.47 Å². The number of benzene rings is 1. The third-order valence-electron chi connectivity index (χ3n) is 3.12. The molecule has 0 radical (unpaired) electrons. The molecule has 2 N–H and O–H groups in total. The molecule has 8 heteroatoms. The molecule has 0 amide bonds. The Morgan fingerprint density at radius 3 is 2.71 bits per heavy atom. The standard InChI is InChI=1S/C16H15NO6S/c1-22-8-10-7-9(4-6-12(10)23-2)3-5-11(18)13-14(19)17-16(21)24-15(13)20/h3-7,20H,8H2,1-2H3,(H,17,19,21). The number of ether oxygens (including phenoxy) is 2. The zero-order chi connectivity index (χ0) is 17.7. The van der Waals surface area contributed by atoms with Gasteiger partial charge in [0.1, 0.15) is 11.3 Å². The SMILES string of the molecule is COCc1cc(C=CC(=O)c2c(O)sc(=O)[nH]c2=O)ccc1OC. The van der Waals surface area contributed by atoms with Crippen LogP contribution in [0.5, 0.6) is 10.8 Å². The van der Waals surface area contributed by atoms with Crippen molar-refractivity contribution in [3.8, 4) is 10.8 Å². The average molecular weight is 349 g/mol. The lowest BCUT2D eigenvalue weighted by Crippen LogP contribution is -2.22. The highest BCUT2D eigenvalue weighted by Crippen LogP contribution is 2.22. The van der Waals surface area contributed by atoms with E-state index in [1.165, 1.54) is 6.08 Å². The summed E-state index contributed by atoms with van der Waals surface area (Å²) < 4.78 is 10.3. The van der Waals surface area contributed by atoms with E-state index in [0.717, 1.165) is 11.6 Å². The number of carbonyl (C=O) groups excluding carboxylic acids is 1. The molecule has 1 heterocycles. The van der Waals surface area contributed by atoms with Gasteiger partial charge in [-0.25, -0.2) is 0 Å². The van der Waals surface area contributed by atoms with Gasteiger partial charge in [-0.15, -0.1) is 0 Å². The molecule has 0 aliphatic carbocycles. The van der Waals surface area contributed by atoms with Crippen molar-refractivity contribution in [3.05, 3.63) is 61.0 Å². The third kappa shape index (κ3) is 3.98. The van der Waals surface area contributed by atoms with Gasteiger partial charge < -0.3 is 14.6 Å². The first kappa shape index (κ1) is 17.6. The molecule has 0 bridgehead atoms. The molecule has 0 aliphatic heterocycles. The van der Waals surface area contributed by atoms with Gasteiger partial charge in [-0.3, -0.25) is 19.4 Å². The van der Waals surface area contributed by atoms with Crippen molar-refractivity contribution in [1.82, 2.24) is 4.98 Å². The smallest absolute Gasteiger partial charge is 0.310 e. The van der Waals surface area contributed by atoms with Crippen LogP contribution in [0.25, 0.3) is 6.08 Å². The summed E-state index contributed by atoms with van der Waals surface area (Å²) >= 11 is 0.394. The maximum atomic E-state index is 12.1. The van der Waals surface area contributed by atoms with Gasteiger partial charge in [0.15, 0.2) is 10.8 Å². The van der Waals surface area contributed by atoms with Crippen LogP contribution in [-0.2, 0) is 11.3 Å². The summed E-state index contributed by atoms with van der Waals surface area (Å²) in [5, 5.41) is 9.03. The van der Waals surface area contributed by atoms with Crippen LogP contribution < -0.4 is 15.2 Å². The van der Waals surface area contributed by atoms with Crippen molar-refractivity contribution in [3.63, 3.8) is 0 Å². The van der Waals surface area contributed by atoms with Crippen LogP contribution in [0.2, 0.25) is 0 Å². The van der Waals surface area contributed by atoms with Gasteiger partial charge in [-0.2, -0.15) is 0 Å². The molecule has 0 saturated carbocycles. The number of nitrogens with one attached hydrogen (secondary N) is 1. The lowest BCUT2D eigenvalue weighted by molar-refractivity contribution is 0.104. The largest absolute Gasteiger partial charge is 0.499 e. The molecule has 0 atom stereocenters. The van der Waals surface area contributed by atoms with E-state index in [1.807, 2.05) is 4.98 Å². The fraction of sp³-hybridized carbons (Fsp3) is 0.188. The topological polar surface area (TPSA) is 106 Å². The van der Waals surface area contributed by atoms with Crippen molar-refractivity contribution in [2.75, 3.05) is 14.2 Å². The summed E-state index contributed by atoms with van der Waals surface area (Å²) in [7, 11) is 3.10. The molecule has 0 spiro atoms. The number of allylic oxidation sites excluding steroid dienone is 1. The Kier molecular flexibility index (Phi) is 5.67. The lowest BCUT2D eigenvalue weighted by Gasteiger charge is -2.08. The molecule has 1 aromatic heterocycles. The number of aromatic hydroxyl groups is 1. The molecule has 2 rings (SSSR count). The molecule has 1 aromatic carbocycles.